The van der Waals surface area contributed by atoms with Crippen LogP contribution < -0.4 is 0 Å². The van der Waals surface area contributed by atoms with E-state index in [1.54, 1.807) is 0 Å². The van der Waals surface area contributed by atoms with Crippen LogP contribution in [-0.4, -0.2) is 32.6 Å². The fraction of sp³-hybridized carbons (Fsp3) is 0.533. The molecule has 2 aromatic rings. The molecule has 0 aliphatic rings. The monoisotopic (exact) mass is 326 g/mol. The van der Waals surface area contributed by atoms with Crippen molar-refractivity contribution in [2.45, 2.75) is 40.3 Å². The molecule has 0 N–H and O–H groups in total. The molecule has 2 aromatic heterocycles. The summed E-state index contributed by atoms with van der Waals surface area (Å²) in [5.41, 5.74) is 0.265. The normalized spacial score (nSPS) is 11.5. The molecule has 0 fully saturated rings. The average Bonchev–Trinajstić information content (AvgIpc) is 3.03. The summed E-state index contributed by atoms with van der Waals surface area (Å²) in [4.78, 5) is 17.8. The largest absolute Gasteiger partial charge is 0.339 e. The van der Waals surface area contributed by atoms with E-state index in [4.69, 9.17) is 4.52 Å². The molecule has 0 spiro atoms. The topological polar surface area (TPSA) is 64.2 Å². The first-order valence-electron chi connectivity index (χ1n) is 7.32. The van der Waals surface area contributed by atoms with Crippen LogP contribution >= 0.6 is 0 Å². The highest BCUT2D eigenvalue weighted by molar-refractivity contribution is 5.92. The van der Waals surface area contributed by atoms with Crippen molar-refractivity contribution in [2.75, 3.05) is 7.05 Å². The SMILES string of the molecule is Cc1ccc(C(=O)N(C)Cc2noc(CC(C)C)n2)n1C(F)F. The second kappa shape index (κ2) is 6.89. The summed E-state index contributed by atoms with van der Waals surface area (Å²) in [5, 5.41) is 3.81. The number of aryl methyl sites for hydroxylation is 1. The Balaban J connectivity index is 2.10. The van der Waals surface area contributed by atoms with Crippen molar-refractivity contribution >= 4 is 5.91 Å². The highest BCUT2D eigenvalue weighted by Crippen LogP contribution is 2.20. The number of hydrogen-bond acceptors (Lipinski definition) is 4. The first-order valence-corrected chi connectivity index (χ1v) is 7.32. The quantitative estimate of drug-likeness (QED) is 0.818. The molecule has 1 amide bonds. The molecule has 0 aliphatic carbocycles. The molecular weight excluding hydrogens is 306 g/mol. The summed E-state index contributed by atoms with van der Waals surface area (Å²) < 4.78 is 31.9. The fourth-order valence-corrected chi connectivity index (χ4v) is 2.25. The maximum absolute atomic E-state index is 13.0. The number of aromatic nitrogens is 3. The van der Waals surface area contributed by atoms with Crippen LogP contribution in [0.5, 0.6) is 0 Å². The summed E-state index contributed by atoms with van der Waals surface area (Å²) in [6, 6.07) is 2.88. The van der Waals surface area contributed by atoms with Gasteiger partial charge in [-0.1, -0.05) is 19.0 Å². The van der Waals surface area contributed by atoms with E-state index in [9.17, 15) is 13.6 Å². The van der Waals surface area contributed by atoms with E-state index < -0.39 is 12.5 Å². The van der Waals surface area contributed by atoms with Crippen LogP contribution in [0.2, 0.25) is 0 Å². The number of hydrogen-bond donors (Lipinski definition) is 0. The van der Waals surface area contributed by atoms with E-state index in [0.29, 0.717) is 34.3 Å². The average molecular weight is 326 g/mol. The third-order valence-corrected chi connectivity index (χ3v) is 3.35. The van der Waals surface area contributed by atoms with Gasteiger partial charge in [0.2, 0.25) is 5.89 Å². The Morgan fingerprint density at radius 1 is 1.39 bits per heavy atom. The van der Waals surface area contributed by atoms with Gasteiger partial charge >= 0.3 is 6.55 Å². The van der Waals surface area contributed by atoms with Gasteiger partial charge in [0, 0.05) is 19.2 Å². The van der Waals surface area contributed by atoms with Crippen molar-refractivity contribution < 1.29 is 18.1 Å². The Labute approximate surface area is 133 Å². The number of carbonyl (C=O) groups excluding carboxylic acids is 1. The standard InChI is InChI=1S/C15H20F2N4O2/c1-9(2)7-13-18-12(19-23-13)8-20(4)14(22)11-6-5-10(3)21(11)15(16)17/h5-6,9,15H,7-8H2,1-4H3. The minimum atomic E-state index is -2.76. The molecule has 126 valence electrons. The van der Waals surface area contributed by atoms with Crippen LogP contribution in [0.4, 0.5) is 8.78 Å². The first-order chi connectivity index (χ1) is 10.8. The molecule has 0 aromatic carbocycles. The lowest BCUT2D eigenvalue weighted by Gasteiger charge is -2.17. The Morgan fingerprint density at radius 3 is 2.70 bits per heavy atom. The lowest BCUT2D eigenvalue weighted by Crippen LogP contribution is -2.29. The fourth-order valence-electron chi connectivity index (χ4n) is 2.25. The van der Waals surface area contributed by atoms with E-state index >= 15 is 0 Å². The van der Waals surface area contributed by atoms with E-state index in [-0.39, 0.29) is 12.2 Å². The second-order valence-electron chi connectivity index (χ2n) is 5.87. The maximum atomic E-state index is 13.0. The number of carbonyl (C=O) groups is 1. The van der Waals surface area contributed by atoms with Crippen LogP contribution in [0.3, 0.4) is 0 Å². The molecule has 0 saturated heterocycles. The number of halogens is 2. The molecular formula is C15H20F2N4O2. The van der Waals surface area contributed by atoms with Gasteiger partial charge in [-0.25, -0.2) is 0 Å². The van der Waals surface area contributed by atoms with Gasteiger partial charge in [-0.3, -0.25) is 9.36 Å². The van der Waals surface area contributed by atoms with E-state index in [0.717, 1.165) is 0 Å². The maximum Gasteiger partial charge on any atom is 0.319 e. The minimum Gasteiger partial charge on any atom is -0.339 e. The molecule has 0 radical (unpaired) electrons. The molecule has 2 rings (SSSR count). The highest BCUT2D eigenvalue weighted by Gasteiger charge is 2.23. The number of alkyl halides is 2. The van der Waals surface area contributed by atoms with Crippen LogP contribution in [0.1, 0.15) is 48.3 Å². The number of amides is 1. The summed E-state index contributed by atoms with van der Waals surface area (Å²) >= 11 is 0. The number of rotatable bonds is 6. The second-order valence-corrected chi connectivity index (χ2v) is 5.87. The Bertz CT molecular complexity index is 679. The molecule has 0 aliphatic heterocycles. The van der Waals surface area contributed by atoms with Crippen molar-refractivity contribution in [1.29, 1.82) is 0 Å². The zero-order valence-corrected chi connectivity index (χ0v) is 13.6. The smallest absolute Gasteiger partial charge is 0.319 e. The molecule has 0 atom stereocenters. The summed E-state index contributed by atoms with van der Waals surface area (Å²) in [6.07, 6.45) is 0.651. The van der Waals surface area contributed by atoms with Crippen molar-refractivity contribution in [2.24, 2.45) is 5.92 Å². The van der Waals surface area contributed by atoms with Crippen molar-refractivity contribution in [1.82, 2.24) is 19.6 Å². The van der Waals surface area contributed by atoms with Gasteiger partial charge in [0.1, 0.15) is 5.69 Å². The van der Waals surface area contributed by atoms with Crippen molar-refractivity contribution in [3.63, 3.8) is 0 Å². The van der Waals surface area contributed by atoms with Gasteiger partial charge in [-0.2, -0.15) is 13.8 Å². The van der Waals surface area contributed by atoms with E-state index in [1.807, 2.05) is 13.8 Å². The van der Waals surface area contributed by atoms with E-state index in [1.165, 1.54) is 31.0 Å². The van der Waals surface area contributed by atoms with Gasteiger partial charge in [-0.05, 0) is 25.0 Å². The zero-order chi connectivity index (χ0) is 17.1. The molecule has 0 saturated carbocycles. The first kappa shape index (κ1) is 17.1. The van der Waals surface area contributed by atoms with Gasteiger partial charge in [0.05, 0.1) is 6.54 Å². The van der Waals surface area contributed by atoms with Crippen LogP contribution in [0, 0.1) is 12.8 Å². The number of nitrogens with zero attached hydrogens (tertiary/aromatic N) is 4. The lowest BCUT2D eigenvalue weighted by atomic mass is 10.1. The lowest BCUT2D eigenvalue weighted by molar-refractivity contribution is 0.0562. The van der Waals surface area contributed by atoms with Crippen LogP contribution in [0.25, 0.3) is 0 Å². The van der Waals surface area contributed by atoms with Gasteiger partial charge in [-0.15, -0.1) is 0 Å². The van der Waals surface area contributed by atoms with Gasteiger partial charge in [0.15, 0.2) is 5.82 Å². The Hall–Kier alpha value is -2.25. The van der Waals surface area contributed by atoms with Crippen LogP contribution in [-0.2, 0) is 13.0 Å². The predicted octanol–water partition coefficient (Wildman–Crippen LogP) is 3.05. The molecule has 0 bridgehead atoms. The highest BCUT2D eigenvalue weighted by atomic mass is 19.3. The molecule has 2 heterocycles. The van der Waals surface area contributed by atoms with E-state index in [2.05, 4.69) is 10.1 Å². The third-order valence-electron chi connectivity index (χ3n) is 3.35. The summed E-state index contributed by atoms with van der Waals surface area (Å²) in [6.45, 7) is 2.91. The van der Waals surface area contributed by atoms with Crippen molar-refractivity contribution in [3.8, 4) is 0 Å². The Kier molecular flexibility index (Phi) is 5.12. The minimum absolute atomic E-state index is 0.0640. The summed E-state index contributed by atoms with van der Waals surface area (Å²) in [7, 11) is 1.51. The molecule has 8 heteroatoms. The third kappa shape index (κ3) is 3.94. The molecule has 0 unspecified atom stereocenters. The van der Waals surface area contributed by atoms with Crippen LogP contribution in [0.15, 0.2) is 16.7 Å². The van der Waals surface area contributed by atoms with Gasteiger partial charge < -0.3 is 9.42 Å². The van der Waals surface area contributed by atoms with Crippen molar-refractivity contribution in [3.05, 3.63) is 35.2 Å². The summed E-state index contributed by atoms with van der Waals surface area (Å²) in [5.74, 6) is 0.708. The zero-order valence-electron chi connectivity index (χ0n) is 13.6. The molecule has 6 nitrogen and oxygen atoms in total. The Morgan fingerprint density at radius 2 is 2.09 bits per heavy atom. The van der Waals surface area contributed by atoms with Gasteiger partial charge in [0.25, 0.3) is 5.91 Å². The predicted molar refractivity (Wildman–Crippen MR) is 79.1 cm³/mol. The molecule has 23 heavy (non-hydrogen) atoms.